The second-order valence-corrected chi connectivity index (χ2v) is 14.1. The molecule has 0 spiro atoms. The summed E-state index contributed by atoms with van der Waals surface area (Å²) in [6.45, 7) is 6.04. The van der Waals surface area contributed by atoms with Gasteiger partial charge in [0.1, 0.15) is 17.2 Å². The Labute approximate surface area is 253 Å². The van der Waals surface area contributed by atoms with Crippen molar-refractivity contribution in [2.45, 2.75) is 42.1 Å². The van der Waals surface area contributed by atoms with E-state index >= 15 is 0 Å². The molecule has 2 aliphatic rings. The lowest BCUT2D eigenvalue weighted by molar-refractivity contribution is -0.146. The number of piperazine rings is 1. The number of sulfonamides is 1. The molecular weight excluding hydrogens is 611 g/mol. The number of hydrogen-bond donors (Lipinski definition) is 2. The van der Waals surface area contributed by atoms with Gasteiger partial charge in [0.15, 0.2) is 5.75 Å². The molecule has 0 aliphatic carbocycles. The Bertz CT molecular complexity index is 1450. The maximum absolute atomic E-state index is 13.7. The van der Waals surface area contributed by atoms with Gasteiger partial charge in [-0.15, -0.1) is 11.8 Å². The average Bonchev–Trinajstić information content (AvgIpc) is 3.29. The molecule has 2 N–H and O–H groups in total. The number of hydrogen-bond acceptors (Lipinski definition) is 9. The van der Waals surface area contributed by atoms with Gasteiger partial charge in [0.05, 0.1) is 9.92 Å². The first-order valence-electron chi connectivity index (χ1n) is 13.1. The fourth-order valence-electron chi connectivity index (χ4n) is 4.53. The van der Waals surface area contributed by atoms with E-state index in [2.05, 4.69) is 10.2 Å². The van der Waals surface area contributed by atoms with Crippen molar-refractivity contribution in [1.82, 2.24) is 19.4 Å². The molecule has 2 atom stereocenters. The van der Waals surface area contributed by atoms with Gasteiger partial charge in [0, 0.05) is 43.9 Å². The molecule has 2 fully saturated rings. The van der Waals surface area contributed by atoms with Gasteiger partial charge in [-0.3, -0.25) is 10.1 Å². The number of nitrogens with zero attached hydrogens (tertiary/aromatic N) is 3. The Kier molecular flexibility index (Phi) is 9.72. The van der Waals surface area contributed by atoms with Crippen molar-refractivity contribution in [1.29, 1.82) is 0 Å². The molecule has 15 heteroatoms. The van der Waals surface area contributed by atoms with Crippen LogP contribution in [0.25, 0.3) is 0 Å². The highest BCUT2D eigenvalue weighted by Crippen LogP contribution is 2.32. The summed E-state index contributed by atoms with van der Waals surface area (Å²) in [5.41, 5.74) is -0.216. The van der Waals surface area contributed by atoms with Gasteiger partial charge < -0.3 is 19.6 Å². The van der Waals surface area contributed by atoms with Crippen LogP contribution in [0.5, 0.6) is 5.75 Å². The second kappa shape index (κ2) is 12.8. The molecule has 0 radical (unpaired) electrons. The minimum atomic E-state index is -4.74. The quantitative estimate of drug-likeness (QED) is 0.442. The number of aliphatic carboxylic acids is 1. The first-order valence-corrected chi connectivity index (χ1v) is 15.9. The maximum Gasteiger partial charge on any atom is 0.415 e. The number of carbonyl (C=O) groups excluding carboxylic acids is 2. The number of ether oxygens (including phenoxy) is 1. The first kappa shape index (κ1) is 32.0. The van der Waals surface area contributed by atoms with Gasteiger partial charge in [-0.1, -0.05) is 17.7 Å². The van der Waals surface area contributed by atoms with E-state index in [4.69, 9.17) is 16.3 Å². The molecule has 42 heavy (non-hydrogen) atoms. The minimum absolute atomic E-state index is 0.00755. The van der Waals surface area contributed by atoms with Crippen molar-refractivity contribution in [2.24, 2.45) is 0 Å². The van der Waals surface area contributed by atoms with Gasteiger partial charge >= 0.3 is 12.1 Å². The summed E-state index contributed by atoms with van der Waals surface area (Å²) < 4.78 is 46.9. The van der Waals surface area contributed by atoms with E-state index in [-0.39, 0.29) is 16.3 Å². The molecule has 0 saturated carbocycles. The number of nitrogens with one attached hydrogen (secondary N) is 1. The largest absolute Gasteiger partial charge is 0.480 e. The molecule has 4 rings (SSSR count). The Morgan fingerprint density at radius 2 is 1.81 bits per heavy atom. The highest BCUT2D eigenvalue weighted by molar-refractivity contribution is 8.01. The predicted octanol–water partition coefficient (Wildman–Crippen LogP) is 2.88. The van der Waals surface area contributed by atoms with Crippen LogP contribution in [0.1, 0.15) is 19.4 Å². The monoisotopic (exact) mass is 642 g/mol. The van der Waals surface area contributed by atoms with Crippen LogP contribution in [0.2, 0.25) is 5.02 Å². The summed E-state index contributed by atoms with van der Waals surface area (Å²) >= 11 is 7.54. The molecule has 0 unspecified atom stereocenters. The highest BCUT2D eigenvalue weighted by atomic mass is 35.5. The van der Waals surface area contributed by atoms with E-state index in [9.17, 15) is 32.3 Å². The fraction of sp³-hybridized carbons (Fsp3) is 0.444. The van der Waals surface area contributed by atoms with Crippen molar-refractivity contribution in [2.75, 3.05) is 39.0 Å². The van der Waals surface area contributed by atoms with E-state index in [1.54, 1.807) is 4.90 Å². The number of thioether (sulfide) groups is 1. The minimum Gasteiger partial charge on any atom is -0.480 e. The number of likely N-dealkylation sites (N-methyl/N-ethyl adjacent to an activating group) is 1. The normalized spacial score (nSPS) is 19.7. The van der Waals surface area contributed by atoms with E-state index in [1.165, 1.54) is 18.2 Å². The summed E-state index contributed by atoms with van der Waals surface area (Å²) in [4.78, 5) is 42.0. The van der Waals surface area contributed by atoms with Gasteiger partial charge in [-0.05, 0) is 62.9 Å². The van der Waals surface area contributed by atoms with Crippen LogP contribution in [0, 0.1) is 5.82 Å². The van der Waals surface area contributed by atoms with Gasteiger partial charge in [-0.25, -0.2) is 26.7 Å². The maximum atomic E-state index is 13.7. The number of amides is 2. The van der Waals surface area contributed by atoms with Gasteiger partial charge in [0.2, 0.25) is 0 Å². The second-order valence-electron chi connectivity index (χ2n) is 10.8. The van der Waals surface area contributed by atoms with E-state index in [0.29, 0.717) is 36.2 Å². The molecule has 2 heterocycles. The molecule has 2 aromatic carbocycles. The molecule has 0 bridgehead atoms. The van der Waals surface area contributed by atoms with Crippen molar-refractivity contribution in [3.8, 4) is 5.75 Å². The third kappa shape index (κ3) is 7.35. The Morgan fingerprint density at radius 1 is 1.17 bits per heavy atom. The first-order chi connectivity index (χ1) is 19.7. The molecule has 2 aliphatic heterocycles. The zero-order valence-corrected chi connectivity index (χ0v) is 25.6. The van der Waals surface area contributed by atoms with Crippen LogP contribution in [-0.4, -0.2) is 102 Å². The number of halogens is 2. The summed E-state index contributed by atoms with van der Waals surface area (Å²) in [5, 5.41) is 12.2. The van der Waals surface area contributed by atoms with Gasteiger partial charge in [-0.2, -0.15) is 0 Å². The van der Waals surface area contributed by atoms with Crippen molar-refractivity contribution in [3.63, 3.8) is 0 Å². The summed E-state index contributed by atoms with van der Waals surface area (Å²) in [7, 11) is -2.78. The highest BCUT2D eigenvalue weighted by Gasteiger charge is 2.46. The van der Waals surface area contributed by atoms with Crippen LogP contribution < -0.4 is 10.1 Å². The summed E-state index contributed by atoms with van der Waals surface area (Å²) in [6, 6.07) is 6.12. The van der Waals surface area contributed by atoms with E-state index in [1.807, 2.05) is 20.9 Å². The van der Waals surface area contributed by atoms with Crippen LogP contribution >= 0.6 is 23.4 Å². The third-order valence-corrected chi connectivity index (χ3v) is 10.6. The number of carbonyl (C=O) groups is 3. The van der Waals surface area contributed by atoms with Gasteiger partial charge in [0.25, 0.3) is 15.9 Å². The van der Waals surface area contributed by atoms with Crippen LogP contribution in [0.15, 0.2) is 47.4 Å². The molecule has 2 amide bonds. The average molecular weight is 643 g/mol. The molecule has 2 saturated heterocycles. The smallest absolute Gasteiger partial charge is 0.415 e. The van der Waals surface area contributed by atoms with Crippen LogP contribution in [0.3, 0.4) is 0 Å². The Morgan fingerprint density at radius 3 is 2.36 bits per heavy atom. The van der Waals surface area contributed by atoms with Crippen LogP contribution in [-0.2, 0) is 26.0 Å². The Balaban J connectivity index is 1.62. The number of rotatable bonds is 8. The number of benzene rings is 2. The number of carboxylic acids is 1. The lowest BCUT2D eigenvalue weighted by Gasteiger charge is -2.31. The molecule has 11 nitrogen and oxygen atoms in total. The van der Waals surface area contributed by atoms with Crippen molar-refractivity contribution >= 4 is 51.4 Å². The molecule has 0 aromatic heterocycles. The fourth-order valence-corrected chi connectivity index (χ4v) is 7.72. The van der Waals surface area contributed by atoms with Crippen molar-refractivity contribution in [3.05, 3.63) is 58.9 Å². The van der Waals surface area contributed by atoms with E-state index in [0.717, 1.165) is 36.0 Å². The Hall–Kier alpha value is -2.91. The zero-order valence-electron chi connectivity index (χ0n) is 23.2. The molecule has 228 valence electrons. The van der Waals surface area contributed by atoms with Crippen molar-refractivity contribution < 1.29 is 37.0 Å². The standard InChI is InChI=1S/C27H32ClFN4O7S2/c1-27(2)16-41-23(30-27)24(34)33(42(38,39)19-7-5-18(29)6-8-19)21(25(35)36)15-17-4-9-22(20(28)14-17)40-26(37)32-12-10-31(3)11-13-32/h4-9,14,21,23,30H,10-13,15-16H2,1-3H3,(H,35,36)/t21-,23-/m0/s1. The predicted molar refractivity (Wildman–Crippen MR) is 156 cm³/mol. The molecular formula is C27H32ClFN4O7S2. The van der Waals surface area contributed by atoms with Crippen LogP contribution in [0.4, 0.5) is 9.18 Å². The molecule has 2 aromatic rings. The summed E-state index contributed by atoms with van der Waals surface area (Å²) in [5.74, 6) is -2.70. The lowest BCUT2D eigenvalue weighted by Crippen LogP contribution is -2.55. The van der Waals surface area contributed by atoms with E-state index < -0.39 is 62.1 Å². The topological polar surface area (TPSA) is 137 Å². The lowest BCUT2D eigenvalue weighted by atomic mass is 10.1. The summed E-state index contributed by atoms with van der Waals surface area (Å²) in [6.07, 6.45) is -1.01. The third-order valence-electron chi connectivity index (χ3n) is 6.90. The number of carboxylic acid groups (broad SMARTS) is 1. The zero-order chi connectivity index (χ0) is 30.8. The SMILES string of the molecule is CN1CCN(C(=O)Oc2ccc(C[C@@H](C(=O)O)N(C(=O)[C@H]3NC(C)(C)CS3)S(=O)(=O)c3ccc(F)cc3)cc2Cl)CC1.